The molecule has 1 aliphatic rings. The lowest BCUT2D eigenvalue weighted by atomic mass is 10.0. The Morgan fingerprint density at radius 1 is 1.00 bits per heavy atom. The first kappa shape index (κ1) is 25.3. The highest BCUT2D eigenvalue weighted by Gasteiger charge is 2.25. The summed E-state index contributed by atoms with van der Waals surface area (Å²) in [5, 5.41) is 3.06. The molecule has 0 saturated carbocycles. The van der Waals surface area contributed by atoms with Crippen LogP contribution in [0, 0.1) is 0 Å². The number of carbonyl (C=O) groups excluding carboxylic acids is 2. The van der Waals surface area contributed by atoms with E-state index < -0.39 is 6.04 Å². The Morgan fingerprint density at radius 3 is 2.58 bits per heavy atom. The molecule has 0 radical (unpaired) electrons. The lowest BCUT2D eigenvalue weighted by Gasteiger charge is -2.30. The first-order chi connectivity index (χ1) is 18.5. The van der Waals surface area contributed by atoms with E-state index in [1.165, 1.54) is 5.56 Å². The first-order valence-electron chi connectivity index (χ1n) is 12.8. The van der Waals surface area contributed by atoms with Crippen LogP contribution < -0.4 is 19.7 Å². The number of amides is 2. The SMILES string of the molecule is COc1ccc(CC(=O)NC(C)c2nc3ccccc3n2CC(=O)N2CCCc3ccccc32)cc1OC. The number of hydrogen-bond acceptors (Lipinski definition) is 5. The maximum Gasteiger partial charge on any atom is 0.246 e. The van der Waals surface area contributed by atoms with Crippen molar-refractivity contribution in [2.75, 3.05) is 25.7 Å². The maximum absolute atomic E-state index is 13.6. The van der Waals surface area contributed by atoms with E-state index in [9.17, 15) is 9.59 Å². The van der Waals surface area contributed by atoms with Gasteiger partial charge in [0.2, 0.25) is 11.8 Å². The second-order valence-electron chi connectivity index (χ2n) is 9.48. The second kappa shape index (κ2) is 11.0. The summed E-state index contributed by atoms with van der Waals surface area (Å²) >= 11 is 0. The molecule has 1 unspecified atom stereocenters. The highest BCUT2D eigenvalue weighted by Crippen LogP contribution is 2.29. The Morgan fingerprint density at radius 2 is 1.76 bits per heavy atom. The van der Waals surface area contributed by atoms with Gasteiger partial charge in [-0.25, -0.2) is 4.98 Å². The number of aromatic nitrogens is 2. The number of rotatable bonds is 8. The van der Waals surface area contributed by atoms with Crippen molar-refractivity contribution in [3.8, 4) is 11.5 Å². The molecule has 5 rings (SSSR count). The number of methoxy groups -OCH3 is 2. The summed E-state index contributed by atoms with van der Waals surface area (Å²) in [5.74, 6) is 1.68. The number of fused-ring (bicyclic) bond motifs is 2. The summed E-state index contributed by atoms with van der Waals surface area (Å²) < 4.78 is 12.6. The van der Waals surface area contributed by atoms with Crippen molar-refractivity contribution in [1.29, 1.82) is 0 Å². The summed E-state index contributed by atoms with van der Waals surface area (Å²) in [4.78, 5) is 33.3. The predicted molar refractivity (Wildman–Crippen MR) is 147 cm³/mol. The fourth-order valence-electron chi connectivity index (χ4n) is 5.14. The molecule has 1 atom stereocenters. The third-order valence-electron chi connectivity index (χ3n) is 6.97. The number of imidazole rings is 1. The van der Waals surface area contributed by atoms with Crippen molar-refractivity contribution in [3.63, 3.8) is 0 Å². The molecular weight excluding hydrogens is 480 g/mol. The zero-order valence-electron chi connectivity index (χ0n) is 21.9. The normalized spacial score (nSPS) is 13.6. The minimum absolute atomic E-state index is 0.00501. The molecule has 2 amide bonds. The van der Waals surface area contributed by atoms with Gasteiger partial charge in [0, 0.05) is 12.2 Å². The van der Waals surface area contributed by atoms with Crippen LogP contribution in [0.1, 0.15) is 36.3 Å². The van der Waals surface area contributed by atoms with Crippen LogP contribution in [-0.2, 0) is 29.0 Å². The Kier molecular flexibility index (Phi) is 7.31. The molecule has 8 nitrogen and oxygen atoms in total. The standard InChI is InChI=1S/C30H32N4O4/c1-20(31-28(35)18-21-14-15-26(37-2)27(17-21)38-3)30-32-23-11-5-7-13-25(23)34(30)19-29(36)33-16-8-10-22-9-4-6-12-24(22)33/h4-7,9,11-15,17,20H,8,10,16,18-19H2,1-3H3,(H,31,35). The van der Waals surface area contributed by atoms with Gasteiger partial charge in [0.1, 0.15) is 12.4 Å². The first-order valence-corrected chi connectivity index (χ1v) is 12.8. The largest absolute Gasteiger partial charge is 0.493 e. The van der Waals surface area contributed by atoms with Crippen LogP contribution in [0.2, 0.25) is 0 Å². The molecule has 4 aromatic rings. The summed E-state index contributed by atoms with van der Waals surface area (Å²) in [6, 6.07) is 20.8. The van der Waals surface area contributed by atoms with Crippen molar-refractivity contribution >= 4 is 28.5 Å². The maximum atomic E-state index is 13.6. The van der Waals surface area contributed by atoms with Crippen molar-refractivity contribution in [2.45, 2.75) is 38.8 Å². The number of anilines is 1. The predicted octanol–water partition coefficient (Wildman–Crippen LogP) is 4.45. The number of hydrogen-bond donors (Lipinski definition) is 1. The monoisotopic (exact) mass is 512 g/mol. The van der Waals surface area contributed by atoms with Crippen LogP contribution in [0.25, 0.3) is 11.0 Å². The second-order valence-corrected chi connectivity index (χ2v) is 9.48. The van der Waals surface area contributed by atoms with Crippen molar-refractivity contribution in [2.24, 2.45) is 0 Å². The Balaban J connectivity index is 1.37. The average Bonchev–Trinajstić information content (AvgIpc) is 3.31. The van der Waals surface area contributed by atoms with Gasteiger partial charge in [-0.2, -0.15) is 0 Å². The van der Waals surface area contributed by atoms with Gasteiger partial charge in [0.25, 0.3) is 0 Å². The summed E-state index contributed by atoms with van der Waals surface area (Å²) in [7, 11) is 3.14. The molecule has 0 bridgehead atoms. The quantitative estimate of drug-likeness (QED) is 0.377. The number of nitrogens with one attached hydrogen (secondary N) is 1. The van der Waals surface area contributed by atoms with Gasteiger partial charge in [-0.15, -0.1) is 0 Å². The number of benzene rings is 3. The summed E-state index contributed by atoms with van der Waals surface area (Å²) in [6.07, 6.45) is 2.08. The van der Waals surface area contributed by atoms with E-state index in [0.717, 1.165) is 35.1 Å². The zero-order chi connectivity index (χ0) is 26.6. The van der Waals surface area contributed by atoms with Crippen LogP contribution in [0.15, 0.2) is 66.7 Å². The van der Waals surface area contributed by atoms with E-state index >= 15 is 0 Å². The van der Waals surface area contributed by atoms with Gasteiger partial charge >= 0.3 is 0 Å². The van der Waals surface area contributed by atoms with Crippen LogP contribution in [0.4, 0.5) is 5.69 Å². The summed E-state index contributed by atoms with van der Waals surface area (Å²) in [6.45, 7) is 2.72. The van der Waals surface area contributed by atoms with E-state index in [0.29, 0.717) is 23.9 Å². The van der Waals surface area contributed by atoms with E-state index in [-0.39, 0.29) is 24.8 Å². The Hall–Kier alpha value is -4.33. The molecule has 0 spiro atoms. The van der Waals surface area contributed by atoms with Gasteiger partial charge in [0.05, 0.1) is 37.7 Å². The van der Waals surface area contributed by atoms with Crippen LogP contribution in [0.3, 0.4) is 0 Å². The van der Waals surface area contributed by atoms with Gasteiger partial charge in [-0.1, -0.05) is 36.4 Å². The highest BCUT2D eigenvalue weighted by molar-refractivity contribution is 5.95. The number of aryl methyl sites for hydroxylation is 1. The van der Waals surface area contributed by atoms with Gasteiger partial charge in [-0.3, -0.25) is 9.59 Å². The zero-order valence-corrected chi connectivity index (χ0v) is 21.9. The molecule has 1 N–H and O–H groups in total. The van der Waals surface area contributed by atoms with Crippen molar-refractivity contribution < 1.29 is 19.1 Å². The molecular formula is C30H32N4O4. The minimum atomic E-state index is -0.406. The molecule has 196 valence electrons. The number of nitrogens with zero attached hydrogens (tertiary/aromatic N) is 3. The number of carbonyl (C=O) groups is 2. The van der Waals surface area contributed by atoms with E-state index in [4.69, 9.17) is 14.5 Å². The van der Waals surface area contributed by atoms with Gasteiger partial charge in [-0.05, 0) is 61.2 Å². The van der Waals surface area contributed by atoms with E-state index in [1.54, 1.807) is 26.4 Å². The van der Waals surface area contributed by atoms with Crippen molar-refractivity contribution in [1.82, 2.24) is 14.9 Å². The highest BCUT2D eigenvalue weighted by atomic mass is 16.5. The van der Waals surface area contributed by atoms with Gasteiger partial charge < -0.3 is 24.3 Å². The average molecular weight is 513 g/mol. The third-order valence-corrected chi connectivity index (χ3v) is 6.97. The smallest absolute Gasteiger partial charge is 0.246 e. The summed E-state index contributed by atoms with van der Waals surface area (Å²) in [5.41, 5.74) is 4.63. The van der Waals surface area contributed by atoms with E-state index in [2.05, 4.69) is 11.4 Å². The topological polar surface area (TPSA) is 85.7 Å². The van der Waals surface area contributed by atoms with Crippen LogP contribution in [0.5, 0.6) is 11.5 Å². The van der Waals surface area contributed by atoms with E-state index in [1.807, 2.05) is 64.9 Å². The number of para-hydroxylation sites is 3. The molecule has 0 aliphatic carbocycles. The Labute approximate surface area is 222 Å². The molecule has 8 heteroatoms. The fraction of sp³-hybridized carbons (Fsp3) is 0.300. The fourth-order valence-corrected chi connectivity index (χ4v) is 5.14. The molecule has 38 heavy (non-hydrogen) atoms. The lowest BCUT2D eigenvalue weighted by molar-refractivity contribution is -0.121. The number of ether oxygens (including phenoxy) is 2. The van der Waals surface area contributed by atoms with Crippen LogP contribution >= 0.6 is 0 Å². The molecule has 0 saturated heterocycles. The van der Waals surface area contributed by atoms with Gasteiger partial charge in [0.15, 0.2) is 11.5 Å². The minimum Gasteiger partial charge on any atom is -0.493 e. The lowest BCUT2D eigenvalue weighted by Crippen LogP contribution is -2.38. The molecule has 3 aromatic carbocycles. The molecule has 2 heterocycles. The third kappa shape index (κ3) is 5.07. The van der Waals surface area contributed by atoms with Crippen LogP contribution in [-0.4, -0.2) is 42.1 Å². The molecule has 1 aliphatic heterocycles. The molecule has 1 aromatic heterocycles. The molecule has 0 fully saturated rings. The van der Waals surface area contributed by atoms with Crippen molar-refractivity contribution in [3.05, 3.63) is 83.7 Å². The Bertz CT molecular complexity index is 1480.